The van der Waals surface area contributed by atoms with E-state index < -0.39 is 13.9 Å². The summed E-state index contributed by atoms with van der Waals surface area (Å²) in [5.74, 6) is -0.336. The SMILES string of the molecule is CC/C=C\C/C=C\C/C=C\C/C=C\C/C=C\C/C=C\CCCCCCCOCC(COP(=O)(O)OCC[N+](C)(C)C)OC(=O)CCCCCCC/C=C\CCCC. The van der Waals surface area contributed by atoms with Crippen LogP contribution in [0.25, 0.3) is 0 Å². The third kappa shape index (κ3) is 44.6. The molecule has 0 aromatic heterocycles. The molecule has 57 heavy (non-hydrogen) atoms. The molecule has 2 atom stereocenters. The smallest absolute Gasteiger partial charge is 0.457 e. The second-order valence-electron chi connectivity index (χ2n) is 15.7. The number of rotatable bonds is 40. The minimum atomic E-state index is -4.29. The predicted octanol–water partition coefficient (Wildman–Crippen LogP) is 13.3. The van der Waals surface area contributed by atoms with Gasteiger partial charge in [-0.15, -0.1) is 0 Å². The highest BCUT2D eigenvalue weighted by Gasteiger charge is 2.26. The first-order valence-corrected chi connectivity index (χ1v) is 23.8. The highest BCUT2D eigenvalue weighted by Crippen LogP contribution is 2.43. The van der Waals surface area contributed by atoms with Gasteiger partial charge in [0.2, 0.25) is 0 Å². The van der Waals surface area contributed by atoms with Crippen molar-refractivity contribution in [1.82, 2.24) is 0 Å². The number of esters is 1. The van der Waals surface area contributed by atoms with Crippen LogP contribution in [-0.2, 0) is 27.9 Å². The maximum absolute atomic E-state index is 12.6. The number of carbonyl (C=O) groups is 1. The van der Waals surface area contributed by atoms with Gasteiger partial charge in [0.15, 0.2) is 0 Å². The first kappa shape index (κ1) is 54.7. The second kappa shape index (κ2) is 40.5. The normalized spacial score (nSPS) is 14.6. The average Bonchev–Trinajstić information content (AvgIpc) is 3.16. The number of quaternary nitrogens is 1. The van der Waals surface area contributed by atoms with Crippen LogP contribution in [0, 0.1) is 0 Å². The molecule has 0 aromatic rings. The monoisotopic (exact) mass is 819 g/mol. The van der Waals surface area contributed by atoms with Crippen LogP contribution >= 0.6 is 7.82 Å². The minimum absolute atomic E-state index is 0.0781. The van der Waals surface area contributed by atoms with Crippen LogP contribution in [-0.4, -0.2) is 75.6 Å². The highest BCUT2D eigenvalue weighted by atomic mass is 31.2. The number of nitrogens with zero attached hydrogens (tertiary/aromatic N) is 1. The Labute approximate surface area is 350 Å². The van der Waals surface area contributed by atoms with E-state index in [9.17, 15) is 14.3 Å². The van der Waals surface area contributed by atoms with Crippen molar-refractivity contribution in [3.8, 4) is 0 Å². The Kier molecular flexibility index (Phi) is 38.8. The predicted molar refractivity (Wildman–Crippen MR) is 242 cm³/mol. The van der Waals surface area contributed by atoms with Crippen LogP contribution in [0.15, 0.2) is 85.1 Å². The molecule has 0 amide bonds. The van der Waals surface area contributed by atoms with E-state index in [1.807, 2.05) is 21.1 Å². The summed E-state index contributed by atoms with van der Waals surface area (Å²) in [4.78, 5) is 22.8. The first-order valence-electron chi connectivity index (χ1n) is 22.3. The summed E-state index contributed by atoms with van der Waals surface area (Å²) in [5.41, 5.74) is 0. The molecule has 8 nitrogen and oxygen atoms in total. The molecule has 0 aliphatic heterocycles. The number of carbonyl (C=O) groups excluding carboxylic acids is 1. The largest absolute Gasteiger partial charge is 0.472 e. The quantitative estimate of drug-likeness (QED) is 0.0216. The van der Waals surface area contributed by atoms with Crippen molar-refractivity contribution in [2.75, 3.05) is 54.1 Å². The van der Waals surface area contributed by atoms with E-state index in [1.165, 1.54) is 38.5 Å². The summed E-state index contributed by atoms with van der Waals surface area (Å²) >= 11 is 0. The van der Waals surface area contributed by atoms with Crippen molar-refractivity contribution in [2.24, 2.45) is 0 Å². The van der Waals surface area contributed by atoms with E-state index >= 15 is 0 Å². The van der Waals surface area contributed by atoms with Gasteiger partial charge in [-0.05, 0) is 83.5 Å². The van der Waals surface area contributed by atoms with Crippen molar-refractivity contribution < 1.29 is 37.3 Å². The number of hydrogen-bond donors (Lipinski definition) is 1. The van der Waals surface area contributed by atoms with Crippen LogP contribution in [0.4, 0.5) is 0 Å². The zero-order valence-electron chi connectivity index (χ0n) is 37.0. The minimum Gasteiger partial charge on any atom is -0.457 e. The summed E-state index contributed by atoms with van der Waals surface area (Å²) < 4.78 is 34.9. The van der Waals surface area contributed by atoms with Gasteiger partial charge in [0.25, 0.3) is 0 Å². The summed E-state index contributed by atoms with van der Waals surface area (Å²) in [6.45, 7) is 5.38. The number of unbranched alkanes of at least 4 members (excludes halogenated alkanes) is 12. The topological polar surface area (TPSA) is 91.3 Å². The summed E-state index contributed by atoms with van der Waals surface area (Å²) in [7, 11) is 1.63. The third-order valence-electron chi connectivity index (χ3n) is 8.94. The van der Waals surface area contributed by atoms with E-state index in [0.717, 1.165) is 96.3 Å². The number of hydrogen-bond acceptors (Lipinski definition) is 6. The fraction of sp³-hybridized carbons (Fsp3) is 0.688. The maximum Gasteiger partial charge on any atom is 0.472 e. The molecule has 0 bridgehead atoms. The van der Waals surface area contributed by atoms with Crippen molar-refractivity contribution in [1.29, 1.82) is 0 Å². The molecule has 0 aliphatic rings. The Balaban J connectivity index is 4.23. The van der Waals surface area contributed by atoms with Crippen LogP contribution in [0.2, 0.25) is 0 Å². The Morgan fingerprint density at radius 2 is 1.02 bits per heavy atom. The summed E-state index contributed by atoms with van der Waals surface area (Å²) in [5, 5.41) is 0. The van der Waals surface area contributed by atoms with E-state index in [-0.39, 0.29) is 25.8 Å². The molecule has 9 heteroatoms. The molecule has 0 heterocycles. The van der Waals surface area contributed by atoms with Gasteiger partial charge in [0, 0.05) is 13.0 Å². The lowest BCUT2D eigenvalue weighted by Crippen LogP contribution is -2.37. The Bertz CT molecular complexity index is 1180. The summed E-state index contributed by atoms with van der Waals surface area (Å²) in [6, 6.07) is 0. The molecular weight excluding hydrogens is 734 g/mol. The number of phosphoric acid groups is 1. The average molecular weight is 819 g/mol. The molecule has 0 spiro atoms. The van der Waals surface area contributed by atoms with Gasteiger partial charge in [-0.25, -0.2) is 4.57 Å². The first-order chi connectivity index (χ1) is 27.6. The van der Waals surface area contributed by atoms with Crippen molar-refractivity contribution in [2.45, 2.75) is 161 Å². The summed E-state index contributed by atoms with van der Waals surface area (Å²) in [6.07, 6.45) is 53.4. The zero-order chi connectivity index (χ0) is 42.0. The third-order valence-corrected chi connectivity index (χ3v) is 9.92. The van der Waals surface area contributed by atoms with Gasteiger partial charge in [-0.1, -0.05) is 150 Å². The van der Waals surface area contributed by atoms with Crippen molar-refractivity contribution in [3.05, 3.63) is 85.1 Å². The van der Waals surface area contributed by atoms with E-state index in [1.54, 1.807) is 0 Å². The molecule has 0 saturated heterocycles. The zero-order valence-corrected chi connectivity index (χ0v) is 37.9. The van der Waals surface area contributed by atoms with Gasteiger partial charge in [-0.3, -0.25) is 13.8 Å². The molecule has 0 saturated carbocycles. The van der Waals surface area contributed by atoms with Gasteiger partial charge in [0.1, 0.15) is 19.3 Å². The fourth-order valence-corrected chi connectivity index (χ4v) is 6.22. The molecule has 0 aromatic carbocycles. The number of ether oxygens (including phenoxy) is 2. The maximum atomic E-state index is 12.6. The van der Waals surface area contributed by atoms with Gasteiger partial charge < -0.3 is 18.9 Å². The Hall–Kier alpha value is -2.32. The molecule has 1 N–H and O–H groups in total. The lowest BCUT2D eigenvalue weighted by Gasteiger charge is -2.24. The Morgan fingerprint density at radius 3 is 1.54 bits per heavy atom. The standard InChI is InChI=1S/C48H84NO7P/c1-6-8-10-12-14-16-18-19-20-21-22-23-24-25-26-27-28-29-30-32-34-36-38-40-43-53-45-47(46-55-57(51,52)54-44-42-49(3,4)5)56-48(50)41-39-37-35-33-31-17-15-13-11-9-7-2/h8,10,13-16,19-20,22-23,25-26,28-29,47H,6-7,9,11-12,17-18,21,24,27,30-46H2,1-5H3/p+1/b10-8-,15-13-,16-14-,20-19-,23-22-,26-25-,29-28-. The van der Waals surface area contributed by atoms with Crippen molar-refractivity contribution in [3.63, 3.8) is 0 Å². The molecule has 0 rings (SSSR count). The van der Waals surface area contributed by atoms with E-state index in [2.05, 4.69) is 98.9 Å². The van der Waals surface area contributed by atoms with Crippen LogP contribution in [0.5, 0.6) is 0 Å². The second-order valence-corrected chi connectivity index (χ2v) is 17.1. The Morgan fingerprint density at radius 1 is 0.561 bits per heavy atom. The van der Waals surface area contributed by atoms with Gasteiger partial charge in [0.05, 0.1) is 34.4 Å². The number of allylic oxidation sites excluding steroid dienone is 14. The van der Waals surface area contributed by atoms with E-state index in [0.29, 0.717) is 24.1 Å². The number of likely N-dealkylation sites (N-methyl/N-ethyl adjacent to an activating group) is 1. The number of phosphoric ester groups is 1. The fourth-order valence-electron chi connectivity index (χ4n) is 5.48. The van der Waals surface area contributed by atoms with Crippen LogP contribution in [0.3, 0.4) is 0 Å². The molecule has 328 valence electrons. The van der Waals surface area contributed by atoms with E-state index in [4.69, 9.17) is 18.5 Å². The molecule has 0 fully saturated rings. The molecule has 0 aliphatic carbocycles. The molecule has 2 unspecified atom stereocenters. The lowest BCUT2D eigenvalue weighted by molar-refractivity contribution is -0.870. The highest BCUT2D eigenvalue weighted by molar-refractivity contribution is 7.47. The van der Waals surface area contributed by atoms with Crippen LogP contribution in [0.1, 0.15) is 155 Å². The van der Waals surface area contributed by atoms with Gasteiger partial charge in [-0.2, -0.15) is 0 Å². The lowest BCUT2D eigenvalue weighted by atomic mass is 10.1. The molecular formula is C48H85NO7P+. The molecule has 0 radical (unpaired) electrons. The van der Waals surface area contributed by atoms with Crippen LogP contribution < -0.4 is 0 Å². The van der Waals surface area contributed by atoms with Crippen molar-refractivity contribution >= 4 is 13.8 Å². The van der Waals surface area contributed by atoms with Gasteiger partial charge >= 0.3 is 13.8 Å².